The minimum absolute atomic E-state index is 0.0414. The molecule has 2 aromatic rings. The van der Waals surface area contributed by atoms with Crippen molar-refractivity contribution in [3.63, 3.8) is 0 Å². The van der Waals surface area contributed by atoms with Gasteiger partial charge in [-0.3, -0.25) is 0 Å². The Kier molecular flexibility index (Phi) is 4.73. The standard InChI is InChI=1S/C18H20BrNO3S/c1-18(2)11-16(15-5-3-4-6-17(15)23-18)20-24(21,22)12-13-7-9-14(19)10-8-13/h3-10,16,20H,11-12H2,1-2H3/t16-/m1/s1. The van der Waals surface area contributed by atoms with E-state index in [2.05, 4.69) is 20.7 Å². The van der Waals surface area contributed by atoms with Gasteiger partial charge in [-0.1, -0.05) is 46.3 Å². The Balaban J connectivity index is 1.82. The summed E-state index contributed by atoms with van der Waals surface area (Å²) in [5.74, 6) is 0.699. The highest BCUT2D eigenvalue weighted by Gasteiger charge is 2.35. The fourth-order valence-electron chi connectivity index (χ4n) is 2.97. The lowest BCUT2D eigenvalue weighted by Crippen LogP contribution is -2.41. The number of hydrogen-bond acceptors (Lipinski definition) is 3. The number of fused-ring (bicyclic) bond motifs is 1. The van der Waals surface area contributed by atoms with E-state index in [1.165, 1.54) is 0 Å². The molecule has 1 atom stereocenters. The van der Waals surface area contributed by atoms with Crippen molar-refractivity contribution in [2.45, 2.75) is 37.7 Å². The SMILES string of the molecule is CC1(C)C[C@@H](NS(=O)(=O)Cc2ccc(Br)cc2)c2ccccc2O1. The molecule has 1 aliphatic rings. The summed E-state index contributed by atoms with van der Waals surface area (Å²) in [6.45, 7) is 3.94. The van der Waals surface area contributed by atoms with Crippen molar-refractivity contribution in [1.29, 1.82) is 0 Å². The number of nitrogens with one attached hydrogen (secondary N) is 1. The largest absolute Gasteiger partial charge is 0.487 e. The molecule has 0 saturated heterocycles. The van der Waals surface area contributed by atoms with Gasteiger partial charge in [0.05, 0.1) is 11.8 Å². The minimum Gasteiger partial charge on any atom is -0.487 e. The zero-order chi connectivity index (χ0) is 17.4. The van der Waals surface area contributed by atoms with Crippen LogP contribution in [0.5, 0.6) is 5.75 Å². The Morgan fingerprint density at radius 3 is 2.54 bits per heavy atom. The van der Waals surface area contributed by atoms with Crippen molar-refractivity contribution < 1.29 is 13.2 Å². The van der Waals surface area contributed by atoms with Crippen LogP contribution in [-0.4, -0.2) is 14.0 Å². The predicted molar refractivity (Wildman–Crippen MR) is 98.4 cm³/mol. The molecule has 0 bridgehead atoms. The molecule has 0 spiro atoms. The van der Waals surface area contributed by atoms with Crippen molar-refractivity contribution in [3.05, 3.63) is 64.1 Å². The van der Waals surface area contributed by atoms with Crippen LogP contribution < -0.4 is 9.46 Å². The van der Waals surface area contributed by atoms with Gasteiger partial charge in [0.1, 0.15) is 11.4 Å². The molecule has 0 unspecified atom stereocenters. The van der Waals surface area contributed by atoms with Crippen molar-refractivity contribution in [2.75, 3.05) is 0 Å². The van der Waals surface area contributed by atoms with Gasteiger partial charge < -0.3 is 4.74 Å². The van der Waals surface area contributed by atoms with Gasteiger partial charge in [0.25, 0.3) is 0 Å². The van der Waals surface area contributed by atoms with Crippen LogP contribution in [0.25, 0.3) is 0 Å². The number of halogens is 1. The zero-order valence-corrected chi connectivity index (χ0v) is 16.0. The highest BCUT2D eigenvalue weighted by atomic mass is 79.9. The molecule has 6 heteroatoms. The van der Waals surface area contributed by atoms with E-state index in [1.54, 1.807) is 0 Å². The Labute approximate surface area is 151 Å². The second-order valence-corrected chi connectivity index (χ2v) is 9.33. The topological polar surface area (TPSA) is 55.4 Å². The van der Waals surface area contributed by atoms with Gasteiger partial charge in [-0.25, -0.2) is 13.1 Å². The van der Waals surface area contributed by atoms with Crippen LogP contribution >= 0.6 is 15.9 Å². The third-order valence-corrected chi connectivity index (χ3v) is 5.85. The lowest BCUT2D eigenvalue weighted by molar-refractivity contribution is 0.0702. The van der Waals surface area contributed by atoms with E-state index in [-0.39, 0.29) is 11.8 Å². The van der Waals surface area contributed by atoms with E-state index in [0.29, 0.717) is 6.42 Å². The third-order valence-electron chi connectivity index (χ3n) is 3.97. The van der Waals surface area contributed by atoms with Crippen molar-refractivity contribution in [3.8, 4) is 5.75 Å². The summed E-state index contributed by atoms with van der Waals surface area (Å²) in [5.41, 5.74) is 1.22. The van der Waals surface area contributed by atoms with E-state index in [9.17, 15) is 8.42 Å². The highest BCUT2D eigenvalue weighted by molar-refractivity contribution is 9.10. The van der Waals surface area contributed by atoms with Crippen LogP contribution in [0.15, 0.2) is 53.0 Å². The fourth-order valence-corrected chi connectivity index (χ4v) is 4.59. The predicted octanol–water partition coefficient (Wildman–Crippen LogP) is 4.17. The monoisotopic (exact) mass is 409 g/mol. The van der Waals surface area contributed by atoms with Crippen molar-refractivity contribution >= 4 is 26.0 Å². The number of para-hydroxylation sites is 1. The number of hydrogen-bond donors (Lipinski definition) is 1. The van der Waals surface area contributed by atoms with Gasteiger partial charge in [-0.15, -0.1) is 0 Å². The first-order chi connectivity index (χ1) is 11.2. The van der Waals surface area contributed by atoms with E-state index >= 15 is 0 Å². The molecule has 1 aliphatic heterocycles. The molecule has 1 N–H and O–H groups in total. The minimum atomic E-state index is -3.46. The van der Waals surface area contributed by atoms with Crippen molar-refractivity contribution in [1.82, 2.24) is 4.72 Å². The van der Waals surface area contributed by atoms with Gasteiger partial charge in [0, 0.05) is 16.5 Å². The summed E-state index contributed by atoms with van der Waals surface area (Å²) < 4.78 is 35.0. The normalized spacial score (nSPS) is 19.4. The third kappa shape index (κ3) is 4.18. The van der Waals surface area contributed by atoms with Gasteiger partial charge in [-0.05, 0) is 37.6 Å². The molecule has 2 aromatic carbocycles. The quantitative estimate of drug-likeness (QED) is 0.823. The van der Waals surface area contributed by atoms with Crippen LogP contribution in [0.2, 0.25) is 0 Å². The van der Waals surface area contributed by atoms with Crippen LogP contribution in [0.1, 0.15) is 37.4 Å². The van der Waals surface area contributed by atoms with E-state index < -0.39 is 15.6 Å². The van der Waals surface area contributed by atoms with Crippen LogP contribution in [-0.2, 0) is 15.8 Å². The van der Waals surface area contributed by atoms with Gasteiger partial charge in [0.2, 0.25) is 10.0 Å². The Morgan fingerprint density at radius 1 is 1.17 bits per heavy atom. The lowest BCUT2D eigenvalue weighted by atomic mass is 9.90. The van der Waals surface area contributed by atoms with E-state index in [0.717, 1.165) is 21.3 Å². The average Bonchev–Trinajstić information content (AvgIpc) is 2.48. The van der Waals surface area contributed by atoms with Gasteiger partial charge >= 0.3 is 0 Å². The summed E-state index contributed by atoms with van der Waals surface area (Å²) >= 11 is 3.36. The fraction of sp³-hybridized carbons (Fsp3) is 0.333. The number of rotatable bonds is 4. The summed E-state index contributed by atoms with van der Waals surface area (Å²) in [6, 6.07) is 14.6. The summed E-state index contributed by atoms with van der Waals surface area (Å²) in [6.07, 6.45) is 0.587. The van der Waals surface area contributed by atoms with E-state index in [1.807, 2.05) is 62.4 Å². The highest BCUT2D eigenvalue weighted by Crippen LogP contribution is 2.39. The molecule has 0 aliphatic carbocycles. The molecule has 0 radical (unpaired) electrons. The molecular weight excluding hydrogens is 390 g/mol. The molecule has 128 valence electrons. The Bertz CT molecular complexity index is 832. The molecule has 0 fully saturated rings. The molecular formula is C18H20BrNO3S. The Hall–Kier alpha value is -1.37. The van der Waals surface area contributed by atoms with Crippen LogP contribution in [0.3, 0.4) is 0 Å². The van der Waals surface area contributed by atoms with Crippen molar-refractivity contribution in [2.24, 2.45) is 0 Å². The average molecular weight is 410 g/mol. The van der Waals surface area contributed by atoms with Gasteiger partial charge in [-0.2, -0.15) is 0 Å². The summed E-state index contributed by atoms with van der Waals surface area (Å²) in [7, 11) is -3.46. The summed E-state index contributed by atoms with van der Waals surface area (Å²) in [5, 5.41) is 0. The molecule has 4 nitrogen and oxygen atoms in total. The second-order valence-electron chi connectivity index (χ2n) is 6.66. The number of sulfonamides is 1. The Morgan fingerprint density at radius 2 is 1.83 bits per heavy atom. The van der Waals surface area contributed by atoms with E-state index in [4.69, 9.17) is 4.74 Å². The smallest absolute Gasteiger partial charge is 0.216 e. The number of benzene rings is 2. The first-order valence-electron chi connectivity index (χ1n) is 7.76. The zero-order valence-electron chi connectivity index (χ0n) is 13.6. The first kappa shape index (κ1) is 17.5. The lowest BCUT2D eigenvalue weighted by Gasteiger charge is -2.37. The molecule has 0 aromatic heterocycles. The first-order valence-corrected chi connectivity index (χ1v) is 10.2. The number of ether oxygens (including phenoxy) is 1. The molecule has 1 heterocycles. The maximum Gasteiger partial charge on any atom is 0.216 e. The van der Waals surface area contributed by atoms with Crippen LogP contribution in [0, 0.1) is 0 Å². The summed E-state index contributed by atoms with van der Waals surface area (Å²) in [4.78, 5) is 0. The molecule has 0 amide bonds. The molecule has 24 heavy (non-hydrogen) atoms. The maximum absolute atomic E-state index is 12.6. The maximum atomic E-state index is 12.6. The van der Waals surface area contributed by atoms with Gasteiger partial charge in [0.15, 0.2) is 0 Å². The molecule has 3 rings (SSSR count). The van der Waals surface area contributed by atoms with Crippen LogP contribution in [0.4, 0.5) is 0 Å². The molecule has 0 saturated carbocycles. The second kappa shape index (κ2) is 6.50.